The van der Waals surface area contributed by atoms with Crippen LogP contribution < -0.4 is 0 Å². The summed E-state index contributed by atoms with van der Waals surface area (Å²) in [6.07, 6.45) is 15.0. The van der Waals surface area contributed by atoms with Crippen LogP contribution in [-0.2, 0) is 0 Å². The minimum atomic E-state index is 0.361. The molecule has 0 radical (unpaired) electrons. The first-order valence-corrected chi connectivity index (χ1v) is 28.8. The Hall–Kier alpha value is -7.41. The van der Waals surface area contributed by atoms with Gasteiger partial charge in [-0.3, -0.25) is 39.9 Å². The number of hydrogen-bond acceptors (Lipinski definition) is 13. The van der Waals surface area contributed by atoms with E-state index in [1.54, 1.807) is 0 Å². The summed E-state index contributed by atoms with van der Waals surface area (Å²) in [5.74, 6) is 5.08. The molecule has 0 spiro atoms. The number of hydrogen-bond donors (Lipinski definition) is 0. The van der Waals surface area contributed by atoms with Crippen molar-refractivity contribution in [1.82, 2.24) is 65.0 Å². The number of rotatable bonds is 10. The fraction of sp³-hybridized carbons (Fsp3) is 0.448. The highest BCUT2D eigenvalue weighted by Gasteiger charge is 2.15. The average Bonchev–Trinajstić information content (AvgIpc) is 3.49. The molecule has 10 aromatic heterocycles. The molecule has 10 heterocycles. The van der Waals surface area contributed by atoms with Gasteiger partial charge in [-0.25, -0.2) is 15.0 Å². The minimum Gasteiger partial charge on any atom is -0.260 e. The van der Waals surface area contributed by atoms with E-state index in [-0.39, 0.29) is 0 Å². The van der Waals surface area contributed by atoms with E-state index in [0.29, 0.717) is 59.2 Å². The van der Waals surface area contributed by atoms with Crippen LogP contribution in [0.15, 0.2) is 104 Å². The van der Waals surface area contributed by atoms with Crippen molar-refractivity contribution in [3.63, 3.8) is 0 Å². The number of nitrogens with zero attached hydrogens (tertiary/aromatic N) is 13. The van der Waals surface area contributed by atoms with E-state index in [1.807, 2.05) is 79.9 Å². The molecule has 0 saturated heterocycles. The Morgan fingerprint density at radius 2 is 0.725 bits per heavy atom. The summed E-state index contributed by atoms with van der Waals surface area (Å²) in [6, 6.07) is 18.5. The molecule has 0 amide bonds. The Labute approximate surface area is 476 Å². The molecule has 0 bridgehead atoms. The van der Waals surface area contributed by atoms with E-state index >= 15 is 0 Å². The Bertz CT molecular complexity index is 3070. The number of aromatic nitrogens is 13. The van der Waals surface area contributed by atoms with Crippen LogP contribution >= 0.6 is 0 Å². The molecule has 0 atom stereocenters. The van der Waals surface area contributed by atoms with Crippen LogP contribution in [0.3, 0.4) is 0 Å². The van der Waals surface area contributed by atoms with Crippen molar-refractivity contribution in [2.45, 2.75) is 198 Å². The molecule has 0 N–H and O–H groups in total. The minimum absolute atomic E-state index is 0.361. The molecule has 80 heavy (non-hydrogen) atoms. The van der Waals surface area contributed by atoms with Crippen LogP contribution in [0.25, 0.3) is 54.6 Å². The Morgan fingerprint density at radius 1 is 0.275 bits per heavy atom. The fourth-order valence-electron chi connectivity index (χ4n) is 8.83. The highest BCUT2D eigenvalue weighted by molar-refractivity contribution is 5.83. The largest absolute Gasteiger partial charge is 0.260 e. The first kappa shape index (κ1) is 61.8. The van der Waals surface area contributed by atoms with Gasteiger partial charge in [0, 0.05) is 82.7 Å². The normalized spacial score (nSPS) is 11.6. The van der Waals surface area contributed by atoms with Crippen LogP contribution in [0.1, 0.15) is 255 Å². The lowest BCUT2D eigenvalue weighted by Crippen LogP contribution is -2.00. The summed E-state index contributed by atoms with van der Waals surface area (Å²) in [7, 11) is 0. The molecule has 10 aromatic rings. The summed E-state index contributed by atoms with van der Waals surface area (Å²) >= 11 is 0. The Balaban J connectivity index is 0.000000161. The van der Waals surface area contributed by atoms with Crippen LogP contribution in [0.4, 0.5) is 0 Å². The predicted octanol–water partition coefficient (Wildman–Crippen LogP) is 17.6. The second-order valence-electron chi connectivity index (χ2n) is 23.7. The molecule has 0 aliphatic rings. The van der Waals surface area contributed by atoms with Crippen molar-refractivity contribution in [2.75, 3.05) is 0 Å². The molecule has 0 saturated carbocycles. The highest BCUT2D eigenvalue weighted by Crippen LogP contribution is 2.28. The summed E-state index contributed by atoms with van der Waals surface area (Å²) in [5, 5.41) is 13.2. The van der Waals surface area contributed by atoms with E-state index in [9.17, 15) is 0 Å². The molecule has 0 fully saturated rings. The highest BCUT2D eigenvalue weighted by atomic mass is 15.1. The van der Waals surface area contributed by atoms with Crippen LogP contribution in [0.5, 0.6) is 0 Å². The SMILES string of the molecule is CC(C)c1cc2ccnc(C(C)C)c2nn1.CC(C)c1ccc2c(C(C)C)nccc2n1.CC(C)c1cnc2c(C(C)C)nccc2c1.CC(C)c1cnc2c(C(C)C)nccc2n1.CC(C)c1ncc2c(C(C)C)nccc2n1. The van der Waals surface area contributed by atoms with Gasteiger partial charge in [0.25, 0.3) is 0 Å². The van der Waals surface area contributed by atoms with Gasteiger partial charge < -0.3 is 0 Å². The first-order valence-electron chi connectivity index (χ1n) is 28.8. The zero-order chi connectivity index (χ0) is 58.5. The van der Waals surface area contributed by atoms with E-state index in [4.69, 9.17) is 0 Å². The molecule has 0 aliphatic carbocycles. The van der Waals surface area contributed by atoms with E-state index in [0.717, 1.165) is 95.2 Å². The Kier molecular flexibility index (Phi) is 21.7. The lowest BCUT2D eigenvalue weighted by Gasteiger charge is -2.10. The maximum Gasteiger partial charge on any atom is 0.131 e. The van der Waals surface area contributed by atoms with Crippen LogP contribution in [0, 0.1) is 0 Å². The van der Waals surface area contributed by atoms with Gasteiger partial charge >= 0.3 is 0 Å². The van der Waals surface area contributed by atoms with E-state index in [2.05, 4.69) is 228 Å². The third-order valence-electron chi connectivity index (χ3n) is 13.6. The summed E-state index contributed by atoms with van der Waals surface area (Å²) < 4.78 is 0. The van der Waals surface area contributed by atoms with Crippen molar-refractivity contribution < 1.29 is 0 Å². The smallest absolute Gasteiger partial charge is 0.131 e. The second-order valence-corrected chi connectivity index (χ2v) is 23.7. The lowest BCUT2D eigenvalue weighted by atomic mass is 10.0. The van der Waals surface area contributed by atoms with Gasteiger partial charge in [0.15, 0.2) is 0 Å². The molecule has 420 valence electrons. The Morgan fingerprint density at radius 3 is 1.25 bits per heavy atom. The maximum absolute atomic E-state index is 4.68. The van der Waals surface area contributed by atoms with Crippen molar-refractivity contribution in [3.8, 4) is 0 Å². The third-order valence-corrected chi connectivity index (χ3v) is 13.6. The number of fused-ring (bicyclic) bond motifs is 5. The standard InChI is InChI=1S/2C14H18N2.3C13H17N3/c1-9(2)12-7-11-5-6-15-13(10(3)4)14(11)16-8-12;1-9(2)12-6-5-11-13(16-12)7-8-15-14(11)10(3)4;1-8(2)12-10-7-15-13(9(3)4)16-11(10)5-6-14-12;1-8(2)11-7-15-13-10(16-11)5-6-14-12(13)9(3)4;1-8(2)11-7-10-5-6-14-12(9(3)4)13(10)16-15-11/h2*5-10H,1-4H3;3*5-9H,1-4H3. The zero-order valence-corrected chi connectivity index (χ0v) is 51.4. The monoisotopic (exact) mass is 1070 g/mol. The van der Waals surface area contributed by atoms with Crippen molar-refractivity contribution >= 4 is 54.6 Å². The van der Waals surface area contributed by atoms with Crippen LogP contribution in [-0.4, -0.2) is 65.0 Å². The molecule has 10 rings (SSSR count). The molecule has 13 nitrogen and oxygen atoms in total. The van der Waals surface area contributed by atoms with Crippen LogP contribution in [0.2, 0.25) is 0 Å². The van der Waals surface area contributed by atoms with Gasteiger partial charge in [0.1, 0.15) is 16.9 Å². The summed E-state index contributed by atoms with van der Waals surface area (Å²) in [5.41, 5.74) is 15.8. The average molecular weight is 1070 g/mol. The molecular formula is C67H87N13. The molecule has 0 aromatic carbocycles. The predicted molar refractivity (Wildman–Crippen MR) is 332 cm³/mol. The topological polar surface area (TPSA) is 168 Å². The van der Waals surface area contributed by atoms with E-state index < -0.39 is 0 Å². The lowest BCUT2D eigenvalue weighted by molar-refractivity contribution is 0.779. The van der Waals surface area contributed by atoms with Gasteiger partial charge in [-0.15, -0.1) is 5.10 Å². The van der Waals surface area contributed by atoms with Gasteiger partial charge in [0.2, 0.25) is 0 Å². The zero-order valence-electron chi connectivity index (χ0n) is 51.4. The summed E-state index contributed by atoms with van der Waals surface area (Å²) in [4.78, 5) is 49.3. The molecule has 0 unspecified atom stereocenters. The molecule has 13 heteroatoms. The maximum atomic E-state index is 4.68. The third kappa shape index (κ3) is 15.7. The first-order chi connectivity index (χ1) is 38.0. The van der Waals surface area contributed by atoms with Gasteiger partial charge in [-0.1, -0.05) is 138 Å². The van der Waals surface area contributed by atoms with Gasteiger partial charge in [0.05, 0.1) is 61.9 Å². The van der Waals surface area contributed by atoms with E-state index in [1.165, 1.54) is 16.3 Å². The summed E-state index contributed by atoms with van der Waals surface area (Å²) in [6.45, 7) is 42.8. The van der Waals surface area contributed by atoms with Crippen molar-refractivity contribution in [2.24, 2.45) is 0 Å². The van der Waals surface area contributed by atoms with Gasteiger partial charge in [-0.2, -0.15) is 5.10 Å². The fourth-order valence-corrected chi connectivity index (χ4v) is 8.83. The quantitative estimate of drug-likeness (QED) is 0.127. The van der Waals surface area contributed by atoms with Crippen molar-refractivity contribution in [1.29, 1.82) is 0 Å². The molecular weight excluding hydrogens is 987 g/mol. The number of pyridine rings is 7. The van der Waals surface area contributed by atoms with Crippen molar-refractivity contribution in [3.05, 3.63) is 161 Å². The second kappa shape index (κ2) is 28.1. The molecule has 0 aliphatic heterocycles. The van der Waals surface area contributed by atoms with Gasteiger partial charge in [-0.05, 0) is 113 Å².